The van der Waals surface area contributed by atoms with Gasteiger partial charge in [-0.05, 0) is 0 Å². The second-order valence-corrected chi connectivity index (χ2v) is 4.37. The molecule has 0 fully saturated rings. The molecule has 4 heteroatoms. The van der Waals surface area contributed by atoms with E-state index in [2.05, 4.69) is 12.2 Å². The molecule has 1 rings (SSSR count). The Morgan fingerprint density at radius 3 is 2.72 bits per heavy atom. The van der Waals surface area contributed by atoms with Gasteiger partial charge >= 0.3 is 110 Å². The van der Waals surface area contributed by atoms with Crippen molar-refractivity contribution in [1.29, 1.82) is 0 Å². The Balaban J connectivity index is 2.49. The topological polar surface area (TPSA) is 47.3 Å². The second-order valence-electron chi connectivity index (χ2n) is 4.37. The van der Waals surface area contributed by atoms with Crippen LogP contribution in [0.15, 0.2) is 18.2 Å². The summed E-state index contributed by atoms with van der Waals surface area (Å²) in [6.45, 7) is 3.82. The number of nitrogens with one attached hydrogen (secondary N) is 1. The summed E-state index contributed by atoms with van der Waals surface area (Å²) in [4.78, 5) is 0. The van der Waals surface area contributed by atoms with E-state index in [9.17, 15) is 0 Å². The number of nitrogens with two attached hydrogens (primary N) is 1. The number of hydrogen-bond donors (Lipinski definition) is 2. The van der Waals surface area contributed by atoms with Crippen LogP contribution in [0.1, 0.15) is 30.4 Å². The molecule has 1 aromatic rings. The van der Waals surface area contributed by atoms with E-state index in [0.29, 0.717) is 5.65 Å². The van der Waals surface area contributed by atoms with Gasteiger partial charge in [-0.1, -0.05) is 0 Å². The minimum atomic E-state index is 0.451. The number of benzene rings is 1. The summed E-state index contributed by atoms with van der Waals surface area (Å²) in [5.41, 5.74) is 9.15. The maximum atomic E-state index is 5.73. The molecule has 0 aliphatic rings. The number of rotatable bonds is 8. The van der Waals surface area contributed by atoms with E-state index in [0.717, 1.165) is 37.2 Å². The summed E-state index contributed by atoms with van der Waals surface area (Å²) in [5, 5.41) is 3.42. The van der Waals surface area contributed by atoms with Gasteiger partial charge in [-0.15, -0.1) is 0 Å². The van der Waals surface area contributed by atoms with Crippen LogP contribution in [0.25, 0.3) is 0 Å². The fourth-order valence-corrected chi connectivity index (χ4v) is 1.80. The Bertz CT molecular complexity index is 393. The Kier molecular flexibility index (Phi) is 6.51. The van der Waals surface area contributed by atoms with Crippen LogP contribution in [0.4, 0.5) is 5.69 Å². The Hall–Kier alpha value is -1.29. The number of hydrogen-bond acceptors (Lipinski definition) is 3. The van der Waals surface area contributed by atoms with Gasteiger partial charge in [0.05, 0.1) is 0 Å². The van der Waals surface area contributed by atoms with Gasteiger partial charge in [-0.3, -0.25) is 0 Å². The van der Waals surface area contributed by atoms with Gasteiger partial charge in [0, 0.05) is 0 Å². The first-order valence-corrected chi connectivity index (χ1v) is 6.40. The van der Waals surface area contributed by atoms with Crippen LogP contribution in [-0.4, -0.2) is 33.3 Å². The van der Waals surface area contributed by atoms with Crippen LogP contribution < -0.4 is 11.1 Å². The molecule has 3 nitrogen and oxygen atoms in total. The maximum absolute atomic E-state index is 5.73. The van der Waals surface area contributed by atoms with E-state index in [-0.39, 0.29) is 0 Å². The number of ether oxygens (including phenoxy) is 1. The quantitative estimate of drug-likeness (QED) is 0.542. The summed E-state index contributed by atoms with van der Waals surface area (Å²) in [7, 11) is 7.31. The van der Waals surface area contributed by atoms with Gasteiger partial charge in [0.25, 0.3) is 0 Å². The first-order chi connectivity index (χ1) is 8.69. The van der Waals surface area contributed by atoms with Gasteiger partial charge in [0.1, 0.15) is 0 Å². The summed E-state index contributed by atoms with van der Waals surface area (Å²) in [6.07, 6.45) is 3.41. The van der Waals surface area contributed by atoms with Crippen LogP contribution in [0.2, 0.25) is 0 Å². The molecule has 0 amide bonds. The molecular weight excluding hydrogens is 223 g/mol. The number of methoxy groups -OCH3 is 1. The molecule has 0 aliphatic heterocycles. The zero-order valence-electron chi connectivity index (χ0n) is 11.3. The monoisotopic (exact) mass is 245 g/mol. The molecule has 3 N–H and O–H groups in total. The van der Waals surface area contributed by atoms with Crippen LogP contribution >= 0.6 is 0 Å². The number of anilines is 1. The van der Waals surface area contributed by atoms with E-state index in [1.54, 1.807) is 7.11 Å². The Morgan fingerprint density at radius 2 is 2.11 bits per heavy atom. The standard InChI is InChI=1S/C14H22BN2O/c1-11-10-12(14(15)18-2)6-7-13(11)17-9-5-3-4-8-16/h6-7,10,17H,3-5,8-9,16H2,1-2H3. The summed E-state index contributed by atoms with van der Waals surface area (Å²) in [6, 6.07) is 6.04. The van der Waals surface area contributed by atoms with Crippen molar-refractivity contribution in [3.05, 3.63) is 29.3 Å². The second kappa shape index (κ2) is 7.93. The Morgan fingerprint density at radius 1 is 1.33 bits per heavy atom. The fourth-order valence-electron chi connectivity index (χ4n) is 1.80. The zero-order valence-corrected chi connectivity index (χ0v) is 11.3. The van der Waals surface area contributed by atoms with Crippen LogP contribution in [0, 0.1) is 6.92 Å². The Labute approximate surface area is 111 Å². The molecule has 0 aliphatic carbocycles. The molecule has 97 valence electrons. The predicted molar refractivity (Wildman–Crippen MR) is 79.4 cm³/mol. The van der Waals surface area contributed by atoms with Crippen molar-refractivity contribution in [3.8, 4) is 0 Å². The molecule has 0 saturated carbocycles. The summed E-state index contributed by atoms with van der Waals surface area (Å²) >= 11 is 0. The van der Waals surface area contributed by atoms with Gasteiger partial charge in [-0.25, -0.2) is 0 Å². The molecule has 0 spiro atoms. The third-order valence-corrected chi connectivity index (χ3v) is 2.93. The molecule has 0 atom stereocenters. The minimum absolute atomic E-state index is 0.451. The van der Waals surface area contributed by atoms with E-state index in [4.69, 9.17) is 18.0 Å². The van der Waals surface area contributed by atoms with Gasteiger partial charge in [0.15, 0.2) is 0 Å². The van der Waals surface area contributed by atoms with Crippen LogP contribution in [0.3, 0.4) is 0 Å². The molecule has 1 aromatic carbocycles. The van der Waals surface area contributed by atoms with Crippen LogP contribution in [-0.2, 0) is 4.74 Å². The van der Waals surface area contributed by atoms with E-state index >= 15 is 0 Å². The molecule has 0 bridgehead atoms. The third kappa shape index (κ3) is 4.53. The van der Waals surface area contributed by atoms with Gasteiger partial charge in [0.2, 0.25) is 0 Å². The normalized spacial score (nSPS) is 10.1. The van der Waals surface area contributed by atoms with Crippen molar-refractivity contribution in [2.45, 2.75) is 26.2 Å². The van der Waals surface area contributed by atoms with Crippen molar-refractivity contribution in [3.63, 3.8) is 0 Å². The first kappa shape index (κ1) is 14.8. The number of aryl methyl sites for hydroxylation is 1. The molecule has 0 unspecified atom stereocenters. The third-order valence-electron chi connectivity index (χ3n) is 2.93. The molecule has 18 heavy (non-hydrogen) atoms. The van der Waals surface area contributed by atoms with Gasteiger partial charge in [-0.2, -0.15) is 0 Å². The zero-order chi connectivity index (χ0) is 13.4. The first-order valence-electron chi connectivity index (χ1n) is 6.40. The molecule has 0 saturated heterocycles. The van der Waals surface area contributed by atoms with Crippen molar-refractivity contribution in [2.75, 3.05) is 25.5 Å². The molecular formula is C14H22BN2O. The summed E-state index contributed by atoms with van der Waals surface area (Å²) in [5.74, 6) is 0. The van der Waals surface area contributed by atoms with Crippen molar-refractivity contribution >= 4 is 18.8 Å². The SMILES string of the molecule is [B]=C(OC)c1ccc(NCCCCCN)c(C)c1. The fraction of sp³-hybridized carbons (Fsp3) is 0.500. The number of unbranched alkanes of at least 4 members (excludes halogenated alkanes) is 2. The van der Waals surface area contributed by atoms with Crippen molar-refractivity contribution in [2.24, 2.45) is 5.73 Å². The molecule has 1 radical (unpaired) electrons. The van der Waals surface area contributed by atoms with Crippen molar-refractivity contribution < 1.29 is 4.74 Å². The van der Waals surface area contributed by atoms with Gasteiger partial charge < -0.3 is 0 Å². The average Bonchev–Trinajstić information content (AvgIpc) is 2.39. The van der Waals surface area contributed by atoms with E-state index < -0.39 is 0 Å². The molecule has 0 heterocycles. The summed E-state index contributed by atoms with van der Waals surface area (Å²) < 4.78 is 5.02. The molecule has 0 aromatic heterocycles. The van der Waals surface area contributed by atoms with Crippen molar-refractivity contribution in [1.82, 2.24) is 0 Å². The average molecular weight is 245 g/mol. The van der Waals surface area contributed by atoms with E-state index in [1.807, 2.05) is 18.2 Å². The predicted octanol–water partition coefficient (Wildman–Crippen LogP) is 1.83. The van der Waals surface area contributed by atoms with Crippen LogP contribution in [0.5, 0.6) is 0 Å². The van der Waals surface area contributed by atoms with E-state index in [1.165, 1.54) is 12.0 Å².